The Morgan fingerprint density at radius 1 is 1.36 bits per heavy atom. The Morgan fingerprint density at radius 3 is 2.91 bits per heavy atom. The van der Waals surface area contributed by atoms with Gasteiger partial charge in [-0.1, -0.05) is 17.3 Å². The van der Waals surface area contributed by atoms with Crippen LogP contribution < -0.4 is 5.32 Å². The van der Waals surface area contributed by atoms with Crippen LogP contribution in [0.15, 0.2) is 28.8 Å². The van der Waals surface area contributed by atoms with E-state index in [1.165, 1.54) is 12.1 Å². The Balaban J connectivity index is 1.49. The minimum atomic E-state index is -0.322. The van der Waals surface area contributed by atoms with Crippen molar-refractivity contribution in [1.29, 1.82) is 0 Å². The Bertz CT molecular complexity index is 636. The number of ether oxygens (including phenoxy) is 1. The molecule has 0 unspecified atom stereocenters. The van der Waals surface area contributed by atoms with Crippen LogP contribution in [0, 0.1) is 5.82 Å². The highest BCUT2D eigenvalue weighted by atomic mass is 19.1. The molecule has 7 heteroatoms. The molecule has 1 aliphatic heterocycles. The fraction of sp³-hybridized carbons (Fsp3) is 0.400. The van der Waals surface area contributed by atoms with Crippen molar-refractivity contribution in [3.63, 3.8) is 0 Å². The van der Waals surface area contributed by atoms with E-state index in [2.05, 4.69) is 15.5 Å². The van der Waals surface area contributed by atoms with E-state index in [-0.39, 0.29) is 30.8 Å². The number of rotatable bonds is 5. The van der Waals surface area contributed by atoms with Crippen LogP contribution in [0.2, 0.25) is 0 Å². The lowest BCUT2D eigenvalue weighted by atomic mass is 10.1. The van der Waals surface area contributed by atoms with E-state index in [0.29, 0.717) is 18.3 Å². The molecule has 6 nitrogen and oxygen atoms in total. The van der Waals surface area contributed by atoms with Crippen LogP contribution in [0.25, 0.3) is 0 Å². The number of carbonyl (C=O) groups is 1. The summed E-state index contributed by atoms with van der Waals surface area (Å²) in [6.45, 7) is 0.896. The molecule has 0 spiro atoms. The minimum Gasteiger partial charge on any atom is -0.368 e. The zero-order valence-corrected chi connectivity index (χ0v) is 11.9. The first-order chi connectivity index (χ1) is 10.7. The van der Waals surface area contributed by atoms with Crippen LogP contribution in [0.3, 0.4) is 0 Å². The molecule has 2 aromatic rings. The molecule has 116 valence electrons. The Kier molecular flexibility index (Phi) is 4.43. The van der Waals surface area contributed by atoms with Crippen molar-refractivity contribution in [2.75, 3.05) is 6.61 Å². The molecule has 1 atom stereocenters. The molecule has 1 aromatic carbocycles. The normalized spacial score (nSPS) is 17.6. The Hall–Kier alpha value is -2.28. The summed E-state index contributed by atoms with van der Waals surface area (Å²) in [6.07, 6.45) is 1.91. The summed E-state index contributed by atoms with van der Waals surface area (Å²) in [4.78, 5) is 16.0. The first-order valence-electron chi connectivity index (χ1n) is 7.16. The topological polar surface area (TPSA) is 77.2 Å². The second-order valence-electron chi connectivity index (χ2n) is 5.13. The van der Waals surface area contributed by atoms with Gasteiger partial charge in [0.1, 0.15) is 11.9 Å². The number of hydrogen-bond donors (Lipinski definition) is 1. The third-order valence-corrected chi connectivity index (χ3v) is 3.41. The number of benzene rings is 1. The fourth-order valence-corrected chi connectivity index (χ4v) is 2.27. The van der Waals surface area contributed by atoms with Gasteiger partial charge in [-0.3, -0.25) is 4.79 Å². The molecule has 1 aromatic heterocycles. The van der Waals surface area contributed by atoms with Crippen LogP contribution >= 0.6 is 0 Å². The minimum absolute atomic E-state index is 0.129. The molecule has 0 saturated carbocycles. The van der Waals surface area contributed by atoms with E-state index in [4.69, 9.17) is 9.26 Å². The van der Waals surface area contributed by atoms with Gasteiger partial charge in [-0.2, -0.15) is 4.98 Å². The quantitative estimate of drug-likeness (QED) is 0.913. The van der Waals surface area contributed by atoms with Crippen LogP contribution in [0.4, 0.5) is 4.39 Å². The van der Waals surface area contributed by atoms with Crippen LogP contribution in [-0.4, -0.2) is 22.7 Å². The summed E-state index contributed by atoms with van der Waals surface area (Å²) >= 11 is 0. The van der Waals surface area contributed by atoms with Gasteiger partial charge in [-0.25, -0.2) is 4.39 Å². The van der Waals surface area contributed by atoms with Gasteiger partial charge in [0.25, 0.3) is 5.89 Å². The highest BCUT2D eigenvalue weighted by Crippen LogP contribution is 2.26. The van der Waals surface area contributed by atoms with Gasteiger partial charge in [0, 0.05) is 6.61 Å². The molecule has 1 aliphatic rings. The second kappa shape index (κ2) is 6.65. The molecule has 0 radical (unpaired) electrons. The molecule has 0 aliphatic carbocycles. The van der Waals surface area contributed by atoms with Gasteiger partial charge < -0.3 is 14.6 Å². The summed E-state index contributed by atoms with van der Waals surface area (Å²) in [5, 5.41) is 6.53. The number of amides is 1. The van der Waals surface area contributed by atoms with Gasteiger partial charge in [-0.15, -0.1) is 0 Å². The van der Waals surface area contributed by atoms with E-state index in [0.717, 1.165) is 18.4 Å². The summed E-state index contributed by atoms with van der Waals surface area (Å²) in [7, 11) is 0. The molecule has 2 heterocycles. The molecule has 1 N–H and O–H groups in total. The van der Waals surface area contributed by atoms with Crippen molar-refractivity contribution in [1.82, 2.24) is 15.5 Å². The van der Waals surface area contributed by atoms with Crippen molar-refractivity contribution in [3.05, 3.63) is 47.4 Å². The summed E-state index contributed by atoms with van der Waals surface area (Å²) < 4.78 is 23.4. The number of aromatic nitrogens is 2. The maximum absolute atomic E-state index is 12.8. The first kappa shape index (κ1) is 14.6. The predicted octanol–water partition coefficient (Wildman–Crippen LogP) is 1.92. The van der Waals surface area contributed by atoms with E-state index >= 15 is 0 Å². The first-order valence-corrected chi connectivity index (χ1v) is 7.16. The molecule has 1 fully saturated rings. The van der Waals surface area contributed by atoms with Gasteiger partial charge >= 0.3 is 0 Å². The van der Waals surface area contributed by atoms with Gasteiger partial charge in [0.2, 0.25) is 5.91 Å². The molecular weight excluding hydrogens is 289 g/mol. The fourth-order valence-electron chi connectivity index (χ4n) is 2.27. The maximum atomic E-state index is 12.8. The van der Waals surface area contributed by atoms with Crippen LogP contribution in [-0.2, 0) is 22.5 Å². The predicted molar refractivity (Wildman–Crippen MR) is 74.2 cm³/mol. The average Bonchev–Trinajstić information content (AvgIpc) is 3.18. The number of nitrogens with zero attached hydrogens (tertiary/aromatic N) is 2. The molecular formula is C15H16FN3O3. The average molecular weight is 305 g/mol. The second-order valence-corrected chi connectivity index (χ2v) is 5.13. The largest absolute Gasteiger partial charge is 0.368 e. The summed E-state index contributed by atoms with van der Waals surface area (Å²) in [5.41, 5.74) is 0.743. The zero-order chi connectivity index (χ0) is 15.4. The van der Waals surface area contributed by atoms with Crippen molar-refractivity contribution in [2.24, 2.45) is 0 Å². The highest BCUT2D eigenvalue weighted by Gasteiger charge is 2.23. The maximum Gasteiger partial charge on any atom is 0.255 e. The third-order valence-electron chi connectivity index (χ3n) is 3.41. The van der Waals surface area contributed by atoms with Crippen LogP contribution in [0.1, 0.15) is 36.2 Å². The van der Waals surface area contributed by atoms with Crippen molar-refractivity contribution >= 4 is 5.91 Å². The molecule has 22 heavy (non-hydrogen) atoms. The van der Waals surface area contributed by atoms with E-state index in [9.17, 15) is 9.18 Å². The lowest BCUT2D eigenvalue weighted by Crippen LogP contribution is -2.25. The number of carbonyl (C=O) groups excluding carboxylic acids is 1. The van der Waals surface area contributed by atoms with Gasteiger partial charge in [0.15, 0.2) is 5.82 Å². The smallest absolute Gasteiger partial charge is 0.255 e. The zero-order valence-electron chi connectivity index (χ0n) is 11.9. The molecule has 1 saturated heterocycles. The SMILES string of the molecule is O=C(Cc1ccc(F)cc1)NCc1noc([C@H]2CCCO2)n1. The van der Waals surface area contributed by atoms with Crippen molar-refractivity contribution in [3.8, 4) is 0 Å². The summed E-state index contributed by atoms with van der Waals surface area (Å²) in [6, 6.07) is 5.82. The standard InChI is InChI=1S/C15H16FN3O3/c16-11-5-3-10(4-6-11)8-14(20)17-9-13-18-15(22-19-13)12-2-1-7-21-12/h3-6,12H,1-2,7-9H2,(H,17,20)/t12-/m1/s1. The Morgan fingerprint density at radius 2 is 2.18 bits per heavy atom. The number of halogens is 1. The van der Waals surface area contributed by atoms with Gasteiger partial charge in [-0.05, 0) is 30.5 Å². The van der Waals surface area contributed by atoms with Crippen molar-refractivity contribution in [2.45, 2.75) is 31.9 Å². The molecule has 3 rings (SSSR count). The number of nitrogens with one attached hydrogen (secondary N) is 1. The van der Waals surface area contributed by atoms with Crippen molar-refractivity contribution < 1.29 is 18.4 Å². The monoisotopic (exact) mass is 305 g/mol. The summed E-state index contributed by atoms with van der Waals surface area (Å²) in [5.74, 6) is 0.367. The van der Waals surface area contributed by atoms with E-state index in [1.807, 2.05) is 0 Å². The van der Waals surface area contributed by atoms with E-state index in [1.54, 1.807) is 12.1 Å². The van der Waals surface area contributed by atoms with E-state index < -0.39 is 0 Å². The third kappa shape index (κ3) is 3.67. The van der Waals surface area contributed by atoms with Gasteiger partial charge in [0.05, 0.1) is 13.0 Å². The lowest BCUT2D eigenvalue weighted by molar-refractivity contribution is -0.120. The molecule has 0 bridgehead atoms. The molecule has 1 amide bonds. The Labute approximate surface area is 126 Å². The highest BCUT2D eigenvalue weighted by molar-refractivity contribution is 5.78. The number of hydrogen-bond acceptors (Lipinski definition) is 5. The lowest BCUT2D eigenvalue weighted by Gasteiger charge is -2.03. The van der Waals surface area contributed by atoms with Crippen LogP contribution in [0.5, 0.6) is 0 Å².